The van der Waals surface area contributed by atoms with E-state index in [4.69, 9.17) is 11.6 Å². The SMILES string of the molecule is CCCCCN(C)c1ccc(C(C)=O)cc1Cl. The van der Waals surface area contributed by atoms with Crippen LogP contribution in [-0.4, -0.2) is 19.4 Å². The van der Waals surface area contributed by atoms with Crippen molar-refractivity contribution in [2.24, 2.45) is 0 Å². The number of unbranched alkanes of at least 4 members (excludes halogenated alkanes) is 2. The van der Waals surface area contributed by atoms with E-state index in [-0.39, 0.29) is 5.78 Å². The number of benzene rings is 1. The van der Waals surface area contributed by atoms with Crippen LogP contribution in [0.4, 0.5) is 5.69 Å². The largest absolute Gasteiger partial charge is 0.373 e. The highest BCUT2D eigenvalue weighted by Gasteiger charge is 2.08. The molecule has 0 heterocycles. The number of carbonyl (C=O) groups excluding carboxylic acids is 1. The van der Waals surface area contributed by atoms with E-state index >= 15 is 0 Å². The van der Waals surface area contributed by atoms with Crippen molar-refractivity contribution in [3.63, 3.8) is 0 Å². The molecule has 0 saturated heterocycles. The molecule has 0 amide bonds. The summed E-state index contributed by atoms with van der Waals surface area (Å²) in [5, 5.41) is 0.650. The van der Waals surface area contributed by atoms with Crippen LogP contribution in [-0.2, 0) is 0 Å². The first kappa shape index (κ1) is 14.0. The summed E-state index contributed by atoms with van der Waals surface area (Å²) in [6.45, 7) is 4.73. The van der Waals surface area contributed by atoms with Crippen LogP contribution in [0.3, 0.4) is 0 Å². The minimum absolute atomic E-state index is 0.0482. The van der Waals surface area contributed by atoms with Gasteiger partial charge >= 0.3 is 0 Å². The molecule has 0 aliphatic carbocycles. The van der Waals surface area contributed by atoms with Gasteiger partial charge in [0.25, 0.3) is 0 Å². The Morgan fingerprint density at radius 1 is 1.35 bits per heavy atom. The molecule has 0 aromatic heterocycles. The van der Waals surface area contributed by atoms with E-state index in [1.807, 2.05) is 19.2 Å². The molecule has 3 heteroatoms. The Hall–Kier alpha value is -1.02. The van der Waals surface area contributed by atoms with E-state index in [0.29, 0.717) is 10.6 Å². The molecule has 0 aliphatic heterocycles. The first-order chi connectivity index (χ1) is 8.06. The van der Waals surface area contributed by atoms with Gasteiger partial charge in [0.05, 0.1) is 10.7 Å². The third kappa shape index (κ3) is 4.04. The van der Waals surface area contributed by atoms with Gasteiger partial charge in [-0.1, -0.05) is 31.4 Å². The molecule has 0 aliphatic rings. The van der Waals surface area contributed by atoms with E-state index in [0.717, 1.165) is 18.7 Å². The second-order valence-corrected chi connectivity index (χ2v) is 4.76. The van der Waals surface area contributed by atoms with Crippen molar-refractivity contribution in [3.05, 3.63) is 28.8 Å². The first-order valence-corrected chi connectivity index (χ1v) is 6.45. The molecular formula is C14H20ClNO. The monoisotopic (exact) mass is 253 g/mol. The lowest BCUT2D eigenvalue weighted by molar-refractivity contribution is 0.101. The second kappa shape index (κ2) is 6.65. The summed E-state index contributed by atoms with van der Waals surface area (Å²) in [6, 6.07) is 5.50. The standard InChI is InChI=1S/C14H20ClNO/c1-4-5-6-9-16(3)14-8-7-12(11(2)17)10-13(14)15/h7-8,10H,4-6,9H2,1-3H3. The lowest BCUT2D eigenvalue weighted by atomic mass is 10.1. The van der Waals surface area contributed by atoms with Crippen molar-refractivity contribution >= 4 is 23.1 Å². The topological polar surface area (TPSA) is 20.3 Å². The second-order valence-electron chi connectivity index (χ2n) is 4.35. The number of ketones is 1. The number of nitrogens with zero attached hydrogens (tertiary/aromatic N) is 1. The van der Waals surface area contributed by atoms with Crippen molar-refractivity contribution in [1.82, 2.24) is 0 Å². The van der Waals surface area contributed by atoms with Gasteiger partial charge in [0, 0.05) is 19.2 Å². The van der Waals surface area contributed by atoms with Crippen LogP contribution in [0.1, 0.15) is 43.5 Å². The number of Topliss-reactive ketones (excluding diaryl/α,β-unsaturated/α-hetero) is 1. The fourth-order valence-corrected chi connectivity index (χ4v) is 2.08. The smallest absolute Gasteiger partial charge is 0.159 e. The fourth-order valence-electron chi connectivity index (χ4n) is 1.75. The van der Waals surface area contributed by atoms with Gasteiger partial charge in [0.15, 0.2) is 5.78 Å². The lowest BCUT2D eigenvalue weighted by Gasteiger charge is -2.20. The maximum Gasteiger partial charge on any atom is 0.159 e. The summed E-state index contributed by atoms with van der Waals surface area (Å²) in [5.74, 6) is 0.0482. The number of anilines is 1. The Kier molecular flexibility index (Phi) is 5.49. The predicted octanol–water partition coefficient (Wildman–Crippen LogP) is 4.17. The molecule has 2 nitrogen and oxygen atoms in total. The fraction of sp³-hybridized carbons (Fsp3) is 0.500. The average Bonchev–Trinajstić information content (AvgIpc) is 2.28. The van der Waals surface area contributed by atoms with Crippen molar-refractivity contribution in [2.45, 2.75) is 33.1 Å². The molecule has 1 rings (SSSR count). The van der Waals surface area contributed by atoms with Crippen LogP contribution >= 0.6 is 11.6 Å². The molecule has 0 N–H and O–H groups in total. The summed E-state index contributed by atoms with van der Waals surface area (Å²) in [4.78, 5) is 13.4. The van der Waals surface area contributed by atoms with Gasteiger partial charge in [-0.05, 0) is 31.5 Å². The normalized spacial score (nSPS) is 10.4. The predicted molar refractivity (Wildman–Crippen MR) is 74.3 cm³/mol. The molecule has 17 heavy (non-hydrogen) atoms. The third-order valence-electron chi connectivity index (χ3n) is 2.86. The zero-order valence-corrected chi connectivity index (χ0v) is 11.5. The van der Waals surface area contributed by atoms with Crippen molar-refractivity contribution in [2.75, 3.05) is 18.5 Å². The van der Waals surface area contributed by atoms with Crippen molar-refractivity contribution in [1.29, 1.82) is 0 Å². The number of rotatable bonds is 6. The van der Waals surface area contributed by atoms with E-state index in [9.17, 15) is 4.79 Å². The Morgan fingerprint density at radius 3 is 2.59 bits per heavy atom. The van der Waals surface area contributed by atoms with E-state index in [1.165, 1.54) is 12.8 Å². The van der Waals surface area contributed by atoms with Gasteiger partial charge in [0.2, 0.25) is 0 Å². The van der Waals surface area contributed by atoms with Crippen LogP contribution in [0.5, 0.6) is 0 Å². The Balaban J connectivity index is 2.74. The molecule has 0 unspecified atom stereocenters. The summed E-state index contributed by atoms with van der Waals surface area (Å²) >= 11 is 6.19. The van der Waals surface area contributed by atoms with Crippen LogP contribution < -0.4 is 4.90 Å². The summed E-state index contributed by atoms with van der Waals surface area (Å²) in [7, 11) is 2.03. The molecule has 1 aromatic rings. The van der Waals surface area contributed by atoms with E-state index in [2.05, 4.69) is 11.8 Å². The molecule has 0 atom stereocenters. The Morgan fingerprint density at radius 2 is 2.06 bits per heavy atom. The quantitative estimate of drug-likeness (QED) is 0.560. The zero-order valence-electron chi connectivity index (χ0n) is 10.8. The Bertz CT molecular complexity index is 390. The van der Waals surface area contributed by atoms with Gasteiger partial charge in [-0.3, -0.25) is 4.79 Å². The highest BCUT2D eigenvalue weighted by molar-refractivity contribution is 6.33. The number of halogens is 1. The third-order valence-corrected chi connectivity index (χ3v) is 3.17. The Labute approximate surface area is 109 Å². The maximum atomic E-state index is 11.2. The average molecular weight is 254 g/mol. The van der Waals surface area contributed by atoms with Crippen LogP contribution in [0.25, 0.3) is 0 Å². The highest BCUT2D eigenvalue weighted by Crippen LogP contribution is 2.26. The lowest BCUT2D eigenvalue weighted by Crippen LogP contribution is -2.18. The molecular weight excluding hydrogens is 234 g/mol. The molecule has 0 fully saturated rings. The minimum atomic E-state index is 0.0482. The van der Waals surface area contributed by atoms with Crippen LogP contribution in [0.2, 0.25) is 5.02 Å². The molecule has 0 bridgehead atoms. The molecule has 0 radical (unpaired) electrons. The summed E-state index contributed by atoms with van der Waals surface area (Å²) < 4.78 is 0. The minimum Gasteiger partial charge on any atom is -0.373 e. The molecule has 0 spiro atoms. The van der Waals surface area contributed by atoms with Crippen LogP contribution in [0, 0.1) is 0 Å². The van der Waals surface area contributed by atoms with Crippen LogP contribution in [0.15, 0.2) is 18.2 Å². The molecule has 0 saturated carbocycles. The van der Waals surface area contributed by atoms with E-state index < -0.39 is 0 Å². The van der Waals surface area contributed by atoms with E-state index in [1.54, 1.807) is 13.0 Å². The zero-order chi connectivity index (χ0) is 12.8. The summed E-state index contributed by atoms with van der Waals surface area (Å²) in [5.41, 5.74) is 1.66. The van der Waals surface area contributed by atoms with Gasteiger partial charge in [-0.25, -0.2) is 0 Å². The van der Waals surface area contributed by atoms with Crippen molar-refractivity contribution in [3.8, 4) is 0 Å². The first-order valence-electron chi connectivity index (χ1n) is 6.08. The molecule has 1 aromatic carbocycles. The van der Waals surface area contributed by atoms with Gasteiger partial charge in [-0.2, -0.15) is 0 Å². The maximum absolute atomic E-state index is 11.2. The van der Waals surface area contributed by atoms with Gasteiger partial charge in [0.1, 0.15) is 0 Å². The van der Waals surface area contributed by atoms with Crippen molar-refractivity contribution < 1.29 is 4.79 Å². The highest BCUT2D eigenvalue weighted by atomic mass is 35.5. The number of hydrogen-bond donors (Lipinski definition) is 0. The van der Waals surface area contributed by atoms with Gasteiger partial charge in [-0.15, -0.1) is 0 Å². The molecule has 94 valence electrons. The number of hydrogen-bond acceptors (Lipinski definition) is 2. The summed E-state index contributed by atoms with van der Waals surface area (Å²) in [6.07, 6.45) is 3.61. The number of carbonyl (C=O) groups is 1. The van der Waals surface area contributed by atoms with Gasteiger partial charge < -0.3 is 4.90 Å².